The van der Waals surface area contributed by atoms with Crippen LogP contribution in [0.4, 0.5) is 10.5 Å². The lowest BCUT2D eigenvalue weighted by molar-refractivity contribution is -0.127. The van der Waals surface area contributed by atoms with Crippen LogP contribution in [-0.2, 0) is 22.6 Å². The average Bonchev–Trinajstić information content (AvgIpc) is 3.38. The SMILES string of the molecule is CCn1c2ccccc2c2cc(NC(=O)CCC3NC(=O)N(CCc4ccc(OC)cc4)C3=O)ccc21. The van der Waals surface area contributed by atoms with Gasteiger partial charge in [0.1, 0.15) is 11.8 Å². The van der Waals surface area contributed by atoms with E-state index in [9.17, 15) is 14.4 Å². The summed E-state index contributed by atoms with van der Waals surface area (Å²) in [5, 5.41) is 7.89. The first-order chi connectivity index (χ1) is 18.0. The molecule has 1 fully saturated rings. The Kier molecular flexibility index (Phi) is 6.81. The van der Waals surface area contributed by atoms with Crippen molar-refractivity contribution in [1.82, 2.24) is 14.8 Å². The van der Waals surface area contributed by atoms with Gasteiger partial charge in [0.25, 0.3) is 5.91 Å². The van der Waals surface area contributed by atoms with Gasteiger partial charge in [0.2, 0.25) is 5.91 Å². The predicted molar refractivity (Wildman–Crippen MR) is 144 cm³/mol. The van der Waals surface area contributed by atoms with Crippen molar-refractivity contribution in [3.63, 3.8) is 0 Å². The number of nitrogens with one attached hydrogen (secondary N) is 2. The minimum absolute atomic E-state index is 0.123. The molecule has 5 rings (SSSR count). The Morgan fingerprint density at radius 1 is 1.00 bits per heavy atom. The molecule has 2 N–H and O–H groups in total. The average molecular weight is 499 g/mol. The van der Waals surface area contributed by atoms with Crippen LogP contribution in [-0.4, -0.2) is 47.0 Å². The van der Waals surface area contributed by atoms with Crippen LogP contribution in [0.25, 0.3) is 21.8 Å². The number of benzene rings is 3. The number of carbonyl (C=O) groups excluding carboxylic acids is 3. The third-order valence-electron chi connectivity index (χ3n) is 6.92. The topological polar surface area (TPSA) is 92.7 Å². The van der Waals surface area contributed by atoms with Crippen molar-refractivity contribution in [3.8, 4) is 5.75 Å². The van der Waals surface area contributed by atoms with Crippen LogP contribution >= 0.6 is 0 Å². The molecule has 1 aliphatic heterocycles. The van der Waals surface area contributed by atoms with Gasteiger partial charge in [-0.25, -0.2) is 4.79 Å². The lowest BCUT2D eigenvalue weighted by Gasteiger charge is -2.13. The molecule has 1 unspecified atom stereocenters. The maximum atomic E-state index is 12.8. The highest BCUT2D eigenvalue weighted by molar-refractivity contribution is 6.10. The normalized spacial score (nSPS) is 15.4. The number of amides is 4. The summed E-state index contributed by atoms with van der Waals surface area (Å²) >= 11 is 0. The second-order valence-electron chi connectivity index (χ2n) is 9.17. The molecule has 2 heterocycles. The highest BCUT2D eigenvalue weighted by Gasteiger charge is 2.37. The van der Waals surface area contributed by atoms with Crippen molar-refractivity contribution in [2.75, 3.05) is 19.0 Å². The van der Waals surface area contributed by atoms with Gasteiger partial charge in [0.15, 0.2) is 0 Å². The molecule has 0 saturated carbocycles. The number of methoxy groups -OCH3 is 1. The first kappa shape index (κ1) is 24.4. The first-order valence-electron chi connectivity index (χ1n) is 12.5. The Balaban J connectivity index is 1.18. The zero-order valence-electron chi connectivity index (χ0n) is 21.0. The van der Waals surface area contributed by atoms with E-state index in [4.69, 9.17) is 4.74 Å². The van der Waals surface area contributed by atoms with Gasteiger partial charge in [-0.1, -0.05) is 30.3 Å². The lowest BCUT2D eigenvalue weighted by Crippen LogP contribution is -2.33. The smallest absolute Gasteiger partial charge is 0.324 e. The van der Waals surface area contributed by atoms with E-state index >= 15 is 0 Å². The fourth-order valence-electron chi connectivity index (χ4n) is 4.99. The monoisotopic (exact) mass is 498 g/mol. The van der Waals surface area contributed by atoms with Crippen LogP contribution in [0, 0.1) is 0 Å². The second kappa shape index (κ2) is 10.3. The summed E-state index contributed by atoms with van der Waals surface area (Å²) in [5.74, 6) is 0.266. The zero-order valence-corrected chi connectivity index (χ0v) is 21.0. The zero-order chi connectivity index (χ0) is 25.9. The number of nitrogens with zero attached hydrogens (tertiary/aromatic N) is 2. The summed E-state index contributed by atoms with van der Waals surface area (Å²) in [5.41, 5.74) is 3.99. The molecule has 3 aromatic carbocycles. The number of anilines is 1. The number of hydrogen-bond donors (Lipinski definition) is 2. The molecular formula is C29H30N4O4. The third kappa shape index (κ3) is 4.87. The number of imide groups is 1. The first-order valence-corrected chi connectivity index (χ1v) is 12.5. The number of carbonyl (C=O) groups is 3. The molecule has 8 nitrogen and oxygen atoms in total. The number of aromatic nitrogens is 1. The van der Waals surface area contributed by atoms with Crippen LogP contribution in [0.2, 0.25) is 0 Å². The second-order valence-corrected chi connectivity index (χ2v) is 9.17. The van der Waals surface area contributed by atoms with Crippen LogP contribution in [0.5, 0.6) is 5.75 Å². The molecule has 37 heavy (non-hydrogen) atoms. The fraction of sp³-hybridized carbons (Fsp3) is 0.276. The van der Waals surface area contributed by atoms with Gasteiger partial charge in [0.05, 0.1) is 7.11 Å². The van der Waals surface area contributed by atoms with E-state index in [2.05, 4.69) is 34.3 Å². The molecule has 0 spiro atoms. The van der Waals surface area contributed by atoms with Crippen molar-refractivity contribution < 1.29 is 19.1 Å². The molecule has 1 saturated heterocycles. The van der Waals surface area contributed by atoms with Gasteiger partial charge in [-0.3, -0.25) is 14.5 Å². The Labute approximate surface area is 215 Å². The lowest BCUT2D eigenvalue weighted by atomic mass is 10.1. The third-order valence-corrected chi connectivity index (χ3v) is 6.92. The minimum atomic E-state index is -0.695. The Morgan fingerprint density at radius 3 is 2.51 bits per heavy atom. The Bertz CT molecular complexity index is 1470. The standard InChI is InChI=1S/C29H30N4O4/c1-3-32-25-7-5-4-6-22(25)23-18-20(10-14-26(23)32)30-27(34)15-13-24-28(35)33(29(36)31-24)17-16-19-8-11-21(37-2)12-9-19/h4-12,14,18,24H,3,13,15-17H2,1-2H3,(H,30,34)(H,31,36). The van der Waals surface area contributed by atoms with E-state index in [1.165, 1.54) is 4.90 Å². The molecule has 0 aliphatic carbocycles. The van der Waals surface area contributed by atoms with E-state index in [1.807, 2.05) is 54.6 Å². The summed E-state index contributed by atoms with van der Waals surface area (Å²) in [4.78, 5) is 39.1. The van der Waals surface area contributed by atoms with Crippen molar-refractivity contribution in [3.05, 3.63) is 72.3 Å². The number of rotatable bonds is 9. The Morgan fingerprint density at radius 2 is 1.76 bits per heavy atom. The van der Waals surface area contributed by atoms with E-state index in [0.29, 0.717) is 12.1 Å². The molecule has 8 heteroatoms. The molecule has 0 radical (unpaired) electrons. The predicted octanol–water partition coefficient (Wildman–Crippen LogP) is 4.70. The van der Waals surface area contributed by atoms with E-state index in [-0.39, 0.29) is 31.2 Å². The molecule has 1 aliphatic rings. The molecule has 1 atom stereocenters. The molecule has 0 bridgehead atoms. The van der Waals surface area contributed by atoms with Crippen molar-refractivity contribution in [1.29, 1.82) is 0 Å². The molecular weight excluding hydrogens is 468 g/mol. The van der Waals surface area contributed by atoms with Gasteiger partial charge < -0.3 is 19.9 Å². The molecule has 4 amide bonds. The van der Waals surface area contributed by atoms with Crippen molar-refractivity contribution in [2.45, 2.75) is 38.8 Å². The highest BCUT2D eigenvalue weighted by Crippen LogP contribution is 2.31. The van der Waals surface area contributed by atoms with E-state index in [1.54, 1.807) is 7.11 Å². The van der Waals surface area contributed by atoms with E-state index < -0.39 is 12.1 Å². The maximum absolute atomic E-state index is 12.8. The van der Waals surface area contributed by atoms with Crippen LogP contribution in [0.15, 0.2) is 66.7 Å². The summed E-state index contributed by atoms with van der Waals surface area (Å²) in [6.45, 7) is 3.25. The number of hydrogen-bond acceptors (Lipinski definition) is 4. The summed E-state index contributed by atoms with van der Waals surface area (Å²) < 4.78 is 7.41. The fourth-order valence-corrected chi connectivity index (χ4v) is 4.99. The quantitative estimate of drug-likeness (QED) is 0.327. The van der Waals surface area contributed by atoms with Gasteiger partial charge in [0, 0.05) is 47.0 Å². The van der Waals surface area contributed by atoms with E-state index in [0.717, 1.165) is 39.7 Å². The number of ether oxygens (including phenoxy) is 1. The molecule has 4 aromatic rings. The number of fused-ring (bicyclic) bond motifs is 3. The van der Waals surface area contributed by atoms with Gasteiger partial charge >= 0.3 is 6.03 Å². The van der Waals surface area contributed by atoms with Gasteiger partial charge in [-0.05, 0) is 61.7 Å². The van der Waals surface area contributed by atoms with Gasteiger partial charge in [-0.15, -0.1) is 0 Å². The van der Waals surface area contributed by atoms with Crippen LogP contribution < -0.4 is 15.4 Å². The van der Waals surface area contributed by atoms with Crippen LogP contribution in [0.3, 0.4) is 0 Å². The van der Waals surface area contributed by atoms with Crippen LogP contribution in [0.1, 0.15) is 25.3 Å². The minimum Gasteiger partial charge on any atom is -0.497 e. The highest BCUT2D eigenvalue weighted by atomic mass is 16.5. The summed E-state index contributed by atoms with van der Waals surface area (Å²) in [6.07, 6.45) is 0.915. The Hall–Kier alpha value is -4.33. The number of aryl methyl sites for hydroxylation is 1. The van der Waals surface area contributed by atoms with Gasteiger partial charge in [-0.2, -0.15) is 0 Å². The number of para-hydroxylation sites is 1. The molecule has 190 valence electrons. The molecule has 1 aromatic heterocycles. The summed E-state index contributed by atoms with van der Waals surface area (Å²) in [6, 6.07) is 20.6. The number of urea groups is 1. The largest absolute Gasteiger partial charge is 0.497 e. The van der Waals surface area contributed by atoms with Crippen molar-refractivity contribution >= 4 is 45.3 Å². The van der Waals surface area contributed by atoms with Crippen molar-refractivity contribution in [2.24, 2.45) is 0 Å². The summed E-state index contributed by atoms with van der Waals surface area (Å²) in [7, 11) is 1.60. The maximum Gasteiger partial charge on any atom is 0.324 e.